The second-order valence-electron chi connectivity index (χ2n) is 6.39. The fourth-order valence-corrected chi connectivity index (χ4v) is 2.56. The van der Waals surface area contributed by atoms with Crippen LogP contribution in [0.25, 0.3) is 11.0 Å². The van der Waals surface area contributed by atoms with E-state index in [-0.39, 0.29) is 41.5 Å². The van der Waals surface area contributed by atoms with E-state index < -0.39 is 17.2 Å². The molecule has 2 aromatic heterocycles. The van der Waals surface area contributed by atoms with Gasteiger partial charge >= 0.3 is 5.69 Å². The first-order valence-electron chi connectivity index (χ1n) is 9.07. The van der Waals surface area contributed by atoms with Crippen molar-refractivity contribution in [3.05, 3.63) is 38.7 Å². The normalized spacial score (nSPS) is 12.0. The van der Waals surface area contributed by atoms with Gasteiger partial charge in [-0.2, -0.15) is 0 Å². The predicted octanol–water partition coefficient (Wildman–Crippen LogP) is 0.529. The Kier molecular flexibility index (Phi) is 6.86. The Labute approximate surface area is 156 Å². The molecule has 1 unspecified atom stereocenters. The molecular weight excluding hydrogens is 350 g/mol. The first kappa shape index (κ1) is 20.3. The number of pyridine rings is 1. The second kappa shape index (κ2) is 9.11. The average molecular weight is 375 g/mol. The number of nitrogens with one attached hydrogen (secondary N) is 3. The molecule has 2 aromatic rings. The van der Waals surface area contributed by atoms with Gasteiger partial charge in [-0.15, -0.1) is 0 Å². The molecule has 3 N–H and O–H groups in total. The number of nitrogens with zero attached hydrogens (tertiary/aromatic N) is 2. The number of carbonyl (C=O) groups excluding carboxylic acids is 2. The van der Waals surface area contributed by atoms with Gasteiger partial charge in [0.25, 0.3) is 11.5 Å². The Bertz CT molecular complexity index is 947. The standard InChI is InChI=1S/C18H25N5O4/c1-4-8-23-15-13(17(26)22-18(23)27)9-12(10-20-15)16(25)19-7-6-14(24)21-11(3)5-2/h9-11H,4-8H2,1-3H3,(H,19,25)(H,21,24)(H,22,26,27). The molecule has 0 saturated carbocycles. The number of amides is 2. The Morgan fingerprint density at radius 3 is 2.70 bits per heavy atom. The average Bonchev–Trinajstić information content (AvgIpc) is 2.64. The summed E-state index contributed by atoms with van der Waals surface area (Å²) in [5.41, 5.74) is -0.670. The fraction of sp³-hybridized carbons (Fsp3) is 0.500. The Balaban J connectivity index is 2.12. The predicted molar refractivity (Wildman–Crippen MR) is 102 cm³/mol. The maximum absolute atomic E-state index is 12.3. The minimum absolute atomic E-state index is 0.0883. The molecule has 0 aromatic carbocycles. The second-order valence-corrected chi connectivity index (χ2v) is 6.39. The Hall–Kier alpha value is -2.97. The molecule has 0 bridgehead atoms. The summed E-state index contributed by atoms with van der Waals surface area (Å²) in [5.74, 6) is -0.574. The van der Waals surface area contributed by atoms with Crippen molar-refractivity contribution in [3.63, 3.8) is 0 Å². The van der Waals surface area contributed by atoms with Gasteiger partial charge in [-0.25, -0.2) is 9.78 Å². The van der Waals surface area contributed by atoms with Crippen molar-refractivity contribution in [3.8, 4) is 0 Å². The molecule has 0 saturated heterocycles. The molecular formula is C18H25N5O4. The molecule has 0 spiro atoms. The Morgan fingerprint density at radius 1 is 1.30 bits per heavy atom. The van der Waals surface area contributed by atoms with Crippen molar-refractivity contribution in [2.45, 2.75) is 52.6 Å². The van der Waals surface area contributed by atoms with Crippen LogP contribution in [0, 0.1) is 0 Å². The number of hydrogen-bond acceptors (Lipinski definition) is 5. The van der Waals surface area contributed by atoms with Crippen LogP contribution in [0.1, 0.15) is 50.4 Å². The zero-order valence-electron chi connectivity index (χ0n) is 15.8. The van der Waals surface area contributed by atoms with Crippen LogP contribution in [-0.2, 0) is 11.3 Å². The molecule has 1 atom stereocenters. The quantitative estimate of drug-likeness (QED) is 0.620. The van der Waals surface area contributed by atoms with Gasteiger partial charge < -0.3 is 10.6 Å². The molecule has 27 heavy (non-hydrogen) atoms. The molecule has 0 radical (unpaired) electrons. The van der Waals surface area contributed by atoms with Crippen LogP contribution < -0.4 is 21.9 Å². The zero-order chi connectivity index (χ0) is 20.0. The van der Waals surface area contributed by atoms with Crippen molar-refractivity contribution in [1.29, 1.82) is 0 Å². The fourth-order valence-electron chi connectivity index (χ4n) is 2.56. The highest BCUT2D eigenvalue weighted by molar-refractivity contribution is 5.96. The van der Waals surface area contributed by atoms with E-state index in [1.807, 2.05) is 20.8 Å². The molecule has 0 aliphatic carbocycles. The maximum Gasteiger partial charge on any atom is 0.329 e. The Morgan fingerprint density at radius 2 is 2.04 bits per heavy atom. The summed E-state index contributed by atoms with van der Waals surface area (Å²) in [6.45, 7) is 6.37. The topological polar surface area (TPSA) is 126 Å². The summed E-state index contributed by atoms with van der Waals surface area (Å²) in [6, 6.07) is 1.49. The van der Waals surface area contributed by atoms with Crippen LogP contribution in [0.15, 0.2) is 21.9 Å². The van der Waals surface area contributed by atoms with Crippen LogP contribution in [0.2, 0.25) is 0 Å². The van der Waals surface area contributed by atoms with Crippen LogP contribution in [0.5, 0.6) is 0 Å². The molecule has 2 heterocycles. The smallest absolute Gasteiger partial charge is 0.329 e. The van der Waals surface area contributed by atoms with Crippen LogP contribution in [0.4, 0.5) is 0 Å². The summed E-state index contributed by atoms with van der Waals surface area (Å²) in [5, 5.41) is 5.63. The van der Waals surface area contributed by atoms with Gasteiger partial charge in [-0.1, -0.05) is 13.8 Å². The lowest BCUT2D eigenvalue weighted by molar-refractivity contribution is -0.121. The highest BCUT2D eigenvalue weighted by atomic mass is 16.2. The van der Waals surface area contributed by atoms with Gasteiger partial charge in [0, 0.05) is 31.7 Å². The number of aryl methyl sites for hydroxylation is 1. The van der Waals surface area contributed by atoms with E-state index in [0.29, 0.717) is 13.0 Å². The third-order valence-corrected chi connectivity index (χ3v) is 4.20. The molecule has 2 rings (SSSR count). The van der Waals surface area contributed by atoms with Gasteiger partial charge in [-0.05, 0) is 25.8 Å². The van der Waals surface area contributed by atoms with Gasteiger partial charge in [0.2, 0.25) is 5.91 Å². The summed E-state index contributed by atoms with van der Waals surface area (Å²) in [7, 11) is 0. The summed E-state index contributed by atoms with van der Waals surface area (Å²) >= 11 is 0. The number of aromatic nitrogens is 3. The van der Waals surface area contributed by atoms with E-state index in [2.05, 4.69) is 20.6 Å². The SMILES string of the molecule is CCCn1c(=O)[nH]c(=O)c2cc(C(=O)NCCC(=O)NC(C)CC)cnc21. The molecule has 146 valence electrons. The molecule has 2 amide bonds. The minimum Gasteiger partial charge on any atom is -0.354 e. The number of H-pyrrole nitrogens is 1. The molecule has 0 fully saturated rings. The lowest BCUT2D eigenvalue weighted by Gasteiger charge is -2.12. The number of fused-ring (bicyclic) bond motifs is 1. The van der Waals surface area contributed by atoms with E-state index in [1.165, 1.54) is 16.8 Å². The zero-order valence-corrected chi connectivity index (χ0v) is 15.8. The lowest BCUT2D eigenvalue weighted by atomic mass is 10.2. The van der Waals surface area contributed by atoms with Gasteiger partial charge in [0.1, 0.15) is 5.65 Å². The van der Waals surface area contributed by atoms with E-state index in [9.17, 15) is 19.2 Å². The summed E-state index contributed by atoms with van der Waals surface area (Å²) < 4.78 is 1.37. The van der Waals surface area contributed by atoms with Crippen LogP contribution in [0.3, 0.4) is 0 Å². The third kappa shape index (κ3) is 5.02. The first-order valence-corrected chi connectivity index (χ1v) is 9.07. The summed E-state index contributed by atoms with van der Waals surface area (Å²) in [6.07, 6.45) is 3.01. The summed E-state index contributed by atoms with van der Waals surface area (Å²) in [4.78, 5) is 54.4. The maximum atomic E-state index is 12.3. The number of rotatable bonds is 8. The van der Waals surface area contributed by atoms with Crippen molar-refractivity contribution >= 4 is 22.8 Å². The molecule has 0 aliphatic heterocycles. The van der Waals surface area contributed by atoms with Gasteiger partial charge in [0.15, 0.2) is 0 Å². The van der Waals surface area contributed by atoms with E-state index in [1.54, 1.807) is 0 Å². The van der Waals surface area contributed by atoms with Crippen molar-refractivity contribution in [1.82, 2.24) is 25.2 Å². The molecule has 0 aliphatic rings. The monoisotopic (exact) mass is 375 g/mol. The highest BCUT2D eigenvalue weighted by Crippen LogP contribution is 2.08. The van der Waals surface area contributed by atoms with Crippen LogP contribution in [-0.4, -0.2) is 38.9 Å². The number of carbonyl (C=O) groups is 2. The lowest BCUT2D eigenvalue weighted by Crippen LogP contribution is -2.35. The van der Waals surface area contributed by atoms with Crippen molar-refractivity contribution in [2.24, 2.45) is 0 Å². The number of hydrogen-bond donors (Lipinski definition) is 3. The highest BCUT2D eigenvalue weighted by Gasteiger charge is 2.13. The largest absolute Gasteiger partial charge is 0.354 e. The third-order valence-electron chi connectivity index (χ3n) is 4.20. The van der Waals surface area contributed by atoms with E-state index in [0.717, 1.165) is 6.42 Å². The first-order chi connectivity index (χ1) is 12.9. The van der Waals surface area contributed by atoms with Gasteiger partial charge in [-0.3, -0.25) is 23.9 Å². The van der Waals surface area contributed by atoms with Gasteiger partial charge in [0.05, 0.1) is 10.9 Å². The van der Waals surface area contributed by atoms with E-state index in [4.69, 9.17) is 0 Å². The van der Waals surface area contributed by atoms with Crippen LogP contribution >= 0.6 is 0 Å². The minimum atomic E-state index is -0.586. The van der Waals surface area contributed by atoms with Crippen molar-refractivity contribution < 1.29 is 9.59 Å². The number of aromatic amines is 1. The molecule has 9 nitrogen and oxygen atoms in total. The van der Waals surface area contributed by atoms with E-state index >= 15 is 0 Å². The molecule has 9 heteroatoms. The van der Waals surface area contributed by atoms with Crippen molar-refractivity contribution in [2.75, 3.05) is 6.54 Å².